The maximum atomic E-state index is 12.4. The van der Waals surface area contributed by atoms with Gasteiger partial charge in [0.05, 0.1) is 19.3 Å². The minimum atomic E-state index is -0.927. The van der Waals surface area contributed by atoms with Crippen molar-refractivity contribution in [2.45, 2.75) is 32.2 Å². The first-order chi connectivity index (χ1) is 9.00. The summed E-state index contributed by atoms with van der Waals surface area (Å²) in [5.74, 6) is -1.73. The lowest BCUT2D eigenvalue weighted by Crippen LogP contribution is -2.56. The van der Waals surface area contributed by atoms with Gasteiger partial charge < -0.3 is 24.4 Å². The van der Waals surface area contributed by atoms with Crippen molar-refractivity contribution in [2.24, 2.45) is 0 Å². The largest absolute Gasteiger partial charge is 0.503 e. The molecule has 1 saturated heterocycles. The first-order valence-corrected chi connectivity index (χ1v) is 6.10. The van der Waals surface area contributed by atoms with Crippen molar-refractivity contribution in [3.8, 4) is 11.5 Å². The Balaban J connectivity index is 2.16. The highest BCUT2D eigenvalue weighted by atomic mass is 16.5. The number of pyridine rings is 1. The normalized spacial score (nSPS) is 25.9. The summed E-state index contributed by atoms with van der Waals surface area (Å²) >= 11 is 0. The van der Waals surface area contributed by atoms with E-state index in [-0.39, 0.29) is 18.3 Å². The first-order valence-electron chi connectivity index (χ1n) is 6.10. The number of hydrogen-bond acceptors (Lipinski definition) is 5. The number of ether oxygens (including phenoxy) is 1. The van der Waals surface area contributed by atoms with Gasteiger partial charge in [0.1, 0.15) is 0 Å². The van der Waals surface area contributed by atoms with E-state index in [1.807, 2.05) is 6.92 Å². The number of carbonyl (C=O) groups excluding carboxylic acids is 1. The molecule has 7 heteroatoms. The second-order valence-electron chi connectivity index (χ2n) is 4.87. The molecule has 2 aliphatic heterocycles. The van der Waals surface area contributed by atoms with Crippen molar-refractivity contribution < 1.29 is 19.7 Å². The molecule has 1 aromatic heterocycles. The van der Waals surface area contributed by atoms with Gasteiger partial charge in [-0.2, -0.15) is 0 Å². The van der Waals surface area contributed by atoms with E-state index >= 15 is 0 Å². The summed E-state index contributed by atoms with van der Waals surface area (Å²) in [6.45, 7) is 2.74. The molecule has 2 N–H and O–H groups in total. The van der Waals surface area contributed by atoms with Crippen molar-refractivity contribution in [2.75, 3.05) is 6.61 Å². The lowest BCUT2D eigenvalue weighted by Gasteiger charge is -2.44. The van der Waals surface area contributed by atoms with Crippen LogP contribution in [0.5, 0.6) is 11.5 Å². The van der Waals surface area contributed by atoms with Crippen LogP contribution in [0.3, 0.4) is 0 Å². The zero-order valence-corrected chi connectivity index (χ0v) is 10.4. The third-order valence-corrected chi connectivity index (χ3v) is 3.66. The maximum absolute atomic E-state index is 12.4. The second kappa shape index (κ2) is 3.99. The Morgan fingerprint density at radius 3 is 2.84 bits per heavy atom. The van der Waals surface area contributed by atoms with E-state index in [0.717, 1.165) is 6.20 Å². The zero-order chi connectivity index (χ0) is 13.7. The number of carbonyl (C=O) groups is 1. The topological polar surface area (TPSA) is 92.0 Å². The number of fused-ring (bicyclic) bond motifs is 2. The Hall–Kier alpha value is -2.02. The van der Waals surface area contributed by atoms with Crippen molar-refractivity contribution in [3.63, 3.8) is 0 Å². The molecule has 0 radical (unpaired) electrons. The van der Waals surface area contributed by atoms with E-state index in [1.54, 1.807) is 0 Å². The van der Waals surface area contributed by atoms with Gasteiger partial charge in [-0.3, -0.25) is 9.59 Å². The molecule has 1 aromatic rings. The molecule has 2 atom stereocenters. The molecule has 3 rings (SSSR count). The second-order valence-corrected chi connectivity index (χ2v) is 4.87. The fourth-order valence-electron chi connectivity index (χ4n) is 2.64. The lowest BCUT2D eigenvalue weighted by atomic mass is 10.1. The van der Waals surface area contributed by atoms with Crippen LogP contribution in [0.2, 0.25) is 0 Å². The van der Waals surface area contributed by atoms with Gasteiger partial charge in [0.25, 0.3) is 11.3 Å². The Morgan fingerprint density at radius 2 is 2.11 bits per heavy atom. The lowest BCUT2D eigenvalue weighted by molar-refractivity contribution is -0.112. The number of nitrogens with zero attached hydrogens (tertiary/aromatic N) is 2. The van der Waals surface area contributed by atoms with Gasteiger partial charge in [-0.25, -0.2) is 0 Å². The average molecular weight is 266 g/mol. The Kier molecular flexibility index (Phi) is 2.53. The number of hydrogen-bond donors (Lipinski definition) is 2. The van der Waals surface area contributed by atoms with Crippen LogP contribution >= 0.6 is 0 Å². The number of aromatic hydroxyl groups is 2. The van der Waals surface area contributed by atoms with Crippen molar-refractivity contribution in [1.29, 1.82) is 0 Å². The standard InChI is InChI=1S/C12H14N2O5/c1-6-2-3-19-8-5-13-4-7(15)10(16)11(17)9(13)12(18)14(6)8/h4,6,8,15,17H,2-3,5H2,1H3/t6-,8-/m1/s1. The zero-order valence-electron chi connectivity index (χ0n) is 10.4. The highest BCUT2D eigenvalue weighted by Gasteiger charge is 2.40. The first kappa shape index (κ1) is 12.0. The minimum Gasteiger partial charge on any atom is -0.503 e. The van der Waals surface area contributed by atoms with Crippen LogP contribution in [0.1, 0.15) is 23.8 Å². The summed E-state index contributed by atoms with van der Waals surface area (Å²) < 4.78 is 6.90. The van der Waals surface area contributed by atoms with Crippen LogP contribution in [-0.2, 0) is 11.3 Å². The van der Waals surface area contributed by atoms with Gasteiger partial charge in [0.15, 0.2) is 23.4 Å². The molecule has 1 amide bonds. The van der Waals surface area contributed by atoms with Crippen molar-refractivity contribution in [3.05, 3.63) is 22.1 Å². The molecular formula is C12H14N2O5. The van der Waals surface area contributed by atoms with Crippen LogP contribution in [-0.4, -0.2) is 44.5 Å². The SMILES string of the molecule is C[C@@H]1CCO[C@@H]2Cn3cc(O)c(=O)c(O)c3C(=O)N12. The Morgan fingerprint density at radius 1 is 1.37 bits per heavy atom. The van der Waals surface area contributed by atoms with Crippen LogP contribution in [0.4, 0.5) is 0 Å². The van der Waals surface area contributed by atoms with E-state index in [9.17, 15) is 19.8 Å². The van der Waals surface area contributed by atoms with E-state index in [4.69, 9.17) is 4.74 Å². The van der Waals surface area contributed by atoms with Gasteiger partial charge in [-0.05, 0) is 13.3 Å². The van der Waals surface area contributed by atoms with Gasteiger partial charge in [-0.1, -0.05) is 0 Å². The van der Waals surface area contributed by atoms with E-state index in [2.05, 4.69) is 0 Å². The van der Waals surface area contributed by atoms with Crippen LogP contribution in [0.15, 0.2) is 11.0 Å². The molecule has 0 bridgehead atoms. The van der Waals surface area contributed by atoms with Crippen LogP contribution in [0.25, 0.3) is 0 Å². The van der Waals surface area contributed by atoms with Crippen molar-refractivity contribution >= 4 is 5.91 Å². The van der Waals surface area contributed by atoms with Gasteiger partial charge in [-0.15, -0.1) is 0 Å². The smallest absolute Gasteiger partial charge is 0.276 e. The molecule has 0 unspecified atom stereocenters. The molecule has 2 aliphatic rings. The molecule has 0 saturated carbocycles. The molecule has 7 nitrogen and oxygen atoms in total. The molecule has 0 spiro atoms. The van der Waals surface area contributed by atoms with Crippen molar-refractivity contribution in [1.82, 2.24) is 9.47 Å². The number of amides is 1. The van der Waals surface area contributed by atoms with E-state index in [0.29, 0.717) is 13.0 Å². The average Bonchev–Trinajstić information content (AvgIpc) is 2.35. The highest BCUT2D eigenvalue weighted by Crippen LogP contribution is 2.29. The molecule has 1 fully saturated rings. The van der Waals surface area contributed by atoms with Gasteiger partial charge >= 0.3 is 0 Å². The summed E-state index contributed by atoms with van der Waals surface area (Å²) in [6, 6.07) is -0.0108. The third kappa shape index (κ3) is 1.61. The monoisotopic (exact) mass is 266 g/mol. The van der Waals surface area contributed by atoms with Crippen LogP contribution in [0, 0.1) is 0 Å². The summed E-state index contributed by atoms with van der Waals surface area (Å²) in [6.07, 6.45) is 1.45. The fraction of sp³-hybridized carbons (Fsp3) is 0.500. The van der Waals surface area contributed by atoms with E-state index < -0.39 is 29.1 Å². The maximum Gasteiger partial charge on any atom is 0.276 e. The third-order valence-electron chi connectivity index (χ3n) is 3.66. The highest BCUT2D eigenvalue weighted by molar-refractivity contribution is 5.96. The summed E-state index contributed by atoms with van der Waals surface area (Å²) in [5, 5.41) is 19.2. The minimum absolute atomic E-state index is 0.0108. The van der Waals surface area contributed by atoms with Crippen LogP contribution < -0.4 is 5.43 Å². The molecule has 3 heterocycles. The molecular weight excluding hydrogens is 252 g/mol. The quantitative estimate of drug-likeness (QED) is 0.681. The fourth-order valence-corrected chi connectivity index (χ4v) is 2.64. The Bertz CT molecular complexity index is 609. The van der Waals surface area contributed by atoms with E-state index in [1.165, 1.54) is 9.47 Å². The molecule has 19 heavy (non-hydrogen) atoms. The predicted octanol–water partition coefficient (Wildman–Crippen LogP) is -0.150. The molecule has 0 aromatic carbocycles. The summed E-state index contributed by atoms with van der Waals surface area (Å²) in [7, 11) is 0. The molecule has 102 valence electrons. The van der Waals surface area contributed by atoms with Gasteiger partial charge in [0.2, 0.25) is 0 Å². The van der Waals surface area contributed by atoms with Gasteiger partial charge in [0, 0.05) is 6.04 Å². The summed E-state index contributed by atoms with van der Waals surface area (Å²) in [5.41, 5.74) is -1.01. The predicted molar refractivity (Wildman–Crippen MR) is 64.0 cm³/mol. The molecule has 0 aliphatic carbocycles. The number of aromatic nitrogens is 1. The Labute approximate surface area is 108 Å². The summed E-state index contributed by atoms with van der Waals surface area (Å²) in [4.78, 5) is 25.4. The number of rotatable bonds is 0.